The predicted molar refractivity (Wildman–Crippen MR) is 92.8 cm³/mol. The smallest absolute Gasteiger partial charge is 0.249 e. The number of carbonyl (C=O) groups is 2. The molecular weight excluding hydrogens is 320 g/mol. The summed E-state index contributed by atoms with van der Waals surface area (Å²) in [5.41, 5.74) is 1.01. The fourth-order valence-corrected chi connectivity index (χ4v) is 3.57. The van der Waals surface area contributed by atoms with E-state index in [1.807, 2.05) is 44.2 Å². The number of rotatable bonds is 5. The number of nitrogens with zero attached hydrogens (tertiary/aromatic N) is 2. The van der Waals surface area contributed by atoms with Gasteiger partial charge in [-0.15, -0.1) is 0 Å². The first-order valence-electron chi connectivity index (χ1n) is 8.95. The molecule has 2 saturated heterocycles. The van der Waals surface area contributed by atoms with Gasteiger partial charge in [-0.1, -0.05) is 30.3 Å². The zero-order valence-corrected chi connectivity index (χ0v) is 14.9. The Labute approximate surface area is 148 Å². The highest BCUT2D eigenvalue weighted by atomic mass is 16.5. The van der Waals surface area contributed by atoms with Crippen molar-refractivity contribution in [3.05, 3.63) is 35.9 Å². The van der Waals surface area contributed by atoms with Gasteiger partial charge in [-0.3, -0.25) is 9.59 Å². The summed E-state index contributed by atoms with van der Waals surface area (Å²) < 4.78 is 11.2. The Bertz CT molecular complexity index is 607. The van der Waals surface area contributed by atoms with Gasteiger partial charge in [0.05, 0.1) is 12.2 Å². The van der Waals surface area contributed by atoms with Crippen LogP contribution in [0.5, 0.6) is 0 Å². The standard InChI is InChI=1S/C19H26N2O4/c1-3-24-16-9-10-20(12-16)19(23)18-14(2)25-13-17(22)21(18)11-15-7-5-4-6-8-15/h4-8,14,16,18H,3,9-13H2,1-2H3/t14-,16+,18+/m1/s1. The van der Waals surface area contributed by atoms with Crippen LogP contribution in [0.15, 0.2) is 30.3 Å². The minimum Gasteiger partial charge on any atom is -0.377 e. The number of ether oxygens (including phenoxy) is 2. The second-order valence-electron chi connectivity index (χ2n) is 6.62. The van der Waals surface area contributed by atoms with Crippen molar-refractivity contribution < 1.29 is 19.1 Å². The van der Waals surface area contributed by atoms with Crippen LogP contribution in [0.2, 0.25) is 0 Å². The van der Waals surface area contributed by atoms with Gasteiger partial charge in [0.1, 0.15) is 12.6 Å². The monoisotopic (exact) mass is 346 g/mol. The molecule has 0 N–H and O–H groups in total. The lowest BCUT2D eigenvalue weighted by Gasteiger charge is -2.40. The largest absolute Gasteiger partial charge is 0.377 e. The van der Waals surface area contributed by atoms with E-state index in [1.165, 1.54) is 0 Å². The van der Waals surface area contributed by atoms with Crippen molar-refractivity contribution in [2.75, 3.05) is 26.3 Å². The highest BCUT2D eigenvalue weighted by Gasteiger charge is 2.42. The molecular formula is C19H26N2O4. The summed E-state index contributed by atoms with van der Waals surface area (Å²) in [6.07, 6.45) is 0.612. The molecule has 0 saturated carbocycles. The molecule has 1 aromatic rings. The molecule has 0 bridgehead atoms. The van der Waals surface area contributed by atoms with Gasteiger partial charge in [0.25, 0.3) is 0 Å². The Hall–Kier alpha value is -1.92. The second kappa shape index (κ2) is 7.97. The highest BCUT2D eigenvalue weighted by Crippen LogP contribution is 2.23. The second-order valence-corrected chi connectivity index (χ2v) is 6.62. The van der Waals surface area contributed by atoms with Crippen molar-refractivity contribution in [3.63, 3.8) is 0 Å². The van der Waals surface area contributed by atoms with Crippen LogP contribution < -0.4 is 0 Å². The summed E-state index contributed by atoms with van der Waals surface area (Å²) in [7, 11) is 0. The molecule has 0 aromatic heterocycles. The first-order chi connectivity index (χ1) is 12.1. The summed E-state index contributed by atoms with van der Waals surface area (Å²) >= 11 is 0. The third kappa shape index (κ3) is 4.02. The van der Waals surface area contributed by atoms with Crippen molar-refractivity contribution in [2.45, 2.75) is 45.1 Å². The molecule has 136 valence electrons. The molecule has 2 aliphatic rings. The molecule has 0 spiro atoms. The number of hydrogen-bond acceptors (Lipinski definition) is 4. The minimum absolute atomic E-state index is 0.0271. The van der Waals surface area contributed by atoms with Crippen LogP contribution in [0, 0.1) is 0 Å². The van der Waals surface area contributed by atoms with E-state index in [9.17, 15) is 9.59 Å². The lowest BCUT2D eigenvalue weighted by Crippen LogP contribution is -2.60. The predicted octanol–water partition coefficient (Wildman–Crippen LogP) is 1.44. The zero-order valence-electron chi connectivity index (χ0n) is 14.9. The van der Waals surface area contributed by atoms with Crippen molar-refractivity contribution in [3.8, 4) is 0 Å². The quantitative estimate of drug-likeness (QED) is 0.809. The summed E-state index contributed by atoms with van der Waals surface area (Å²) in [5.74, 6) is -0.181. The van der Waals surface area contributed by atoms with Gasteiger partial charge in [-0.25, -0.2) is 0 Å². The van der Waals surface area contributed by atoms with E-state index in [0.29, 0.717) is 26.2 Å². The van der Waals surface area contributed by atoms with E-state index in [0.717, 1.165) is 12.0 Å². The Balaban J connectivity index is 1.75. The maximum atomic E-state index is 13.1. The normalized spacial score (nSPS) is 27.0. The lowest BCUT2D eigenvalue weighted by molar-refractivity contribution is -0.167. The molecule has 3 atom stereocenters. The van der Waals surface area contributed by atoms with Crippen molar-refractivity contribution in [2.24, 2.45) is 0 Å². The van der Waals surface area contributed by atoms with E-state index in [-0.39, 0.29) is 30.6 Å². The molecule has 6 nitrogen and oxygen atoms in total. The number of carbonyl (C=O) groups excluding carboxylic acids is 2. The summed E-state index contributed by atoms with van der Waals surface area (Å²) in [6, 6.07) is 9.17. The molecule has 2 aliphatic heterocycles. The number of amides is 2. The molecule has 0 radical (unpaired) electrons. The Kier molecular flexibility index (Phi) is 5.71. The van der Waals surface area contributed by atoms with Gasteiger partial charge in [0.2, 0.25) is 11.8 Å². The molecule has 25 heavy (non-hydrogen) atoms. The van der Waals surface area contributed by atoms with Crippen LogP contribution in [0.1, 0.15) is 25.8 Å². The third-order valence-electron chi connectivity index (χ3n) is 4.88. The average Bonchev–Trinajstić information content (AvgIpc) is 3.08. The Morgan fingerprint density at radius 3 is 2.80 bits per heavy atom. The van der Waals surface area contributed by atoms with Crippen molar-refractivity contribution in [1.82, 2.24) is 9.80 Å². The summed E-state index contributed by atoms with van der Waals surface area (Å²) in [5, 5.41) is 0. The van der Waals surface area contributed by atoms with Gasteiger partial charge in [-0.05, 0) is 25.8 Å². The molecule has 1 aromatic carbocycles. The van der Waals surface area contributed by atoms with E-state index >= 15 is 0 Å². The Morgan fingerprint density at radius 2 is 2.08 bits per heavy atom. The number of likely N-dealkylation sites (tertiary alicyclic amines) is 1. The van der Waals surface area contributed by atoms with Crippen LogP contribution in [0.25, 0.3) is 0 Å². The SMILES string of the molecule is CCO[C@H]1CCN(C(=O)[C@@H]2[C@@H](C)OCC(=O)N2Cc2ccccc2)C1. The van der Waals surface area contributed by atoms with Crippen LogP contribution in [0.3, 0.4) is 0 Å². The maximum absolute atomic E-state index is 13.1. The topological polar surface area (TPSA) is 59.1 Å². The van der Waals surface area contributed by atoms with Gasteiger partial charge in [0, 0.05) is 26.2 Å². The van der Waals surface area contributed by atoms with Crippen LogP contribution in [-0.4, -0.2) is 66.2 Å². The third-order valence-corrected chi connectivity index (χ3v) is 4.88. The Morgan fingerprint density at radius 1 is 1.32 bits per heavy atom. The highest BCUT2D eigenvalue weighted by molar-refractivity contribution is 5.89. The fourth-order valence-electron chi connectivity index (χ4n) is 3.57. The first-order valence-corrected chi connectivity index (χ1v) is 8.95. The van der Waals surface area contributed by atoms with Crippen LogP contribution in [-0.2, 0) is 25.6 Å². The first kappa shape index (κ1) is 17.9. The van der Waals surface area contributed by atoms with E-state index in [1.54, 1.807) is 9.80 Å². The van der Waals surface area contributed by atoms with E-state index < -0.39 is 6.04 Å². The average molecular weight is 346 g/mol. The zero-order chi connectivity index (χ0) is 17.8. The molecule has 0 unspecified atom stereocenters. The van der Waals surface area contributed by atoms with Crippen molar-refractivity contribution >= 4 is 11.8 Å². The molecule has 2 fully saturated rings. The maximum Gasteiger partial charge on any atom is 0.249 e. The number of hydrogen-bond donors (Lipinski definition) is 0. The molecule has 2 amide bonds. The van der Waals surface area contributed by atoms with Crippen LogP contribution >= 0.6 is 0 Å². The fraction of sp³-hybridized carbons (Fsp3) is 0.579. The summed E-state index contributed by atoms with van der Waals surface area (Å²) in [6.45, 7) is 6.17. The number of benzene rings is 1. The van der Waals surface area contributed by atoms with Gasteiger partial charge >= 0.3 is 0 Å². The number of morpholine rings is 1. The van der Waals surface area contributed by atoms with Gasteiger partial charge < -0.3 is 19.3 Å². The minimum atomic E-state index is -0.582. The van der Waals surface area contributed by atoms with Gasteiger partial charge in [0.15, 0.2) is 0 Å². The summed E-state index contributed by atoms with van der Waals surface area (Å²) in [4.78, 5) is 29.0. The lowest BCUT2D eigenvalue weighted by atomic mass is 10.0. The van der Waals surface area contributed by atoms with Gasteiger partial charge in [-0.2, -0.15) is 0 Å². The molecule has 0 aliphatic carbocycles. The van der Waals surface area contributed by atoms with E-state index in [2.05, 4.69) is 0 Å². The van der Waals surface area contributed by atoms with Crippen LogP contribution in [0.4, 0.5) is 0 Å². The van der Waals surface area contributed by atoms with Crippen molar-refractivity contribution in [1.29, 1.82) is 0 Å². The molecule has 2 heterocycles. The van der Waals surface area contributed by atoms with E-state index in [4.69, 9.17) is 9.47 Å². The molecule has 3 rings (SSSR count). The molecule has 6 heteroatoms.